The van der Waals surface area contributed by atoms with Crippen molar-refractivity contribution in [3.63, 3.8) is 0 Å². The molecule has 8 nitrogen and oxygen atoms in total. The Morgan fingerprint density at radius 1 is 1.03 bits per heavy atom. The summed E-state index contributed by atoms with van der Waals surface area (Å²) in [5.74, 6) is 0.339. The number of rotatable bonds is 9. The molecule has 3 amide bonds. The highest BCUT2D eigenvalue weighted by atomic mass is 35.5. The molecule has 0 atom stereocenters. The highest BCUT2D eigenvalue weighted by Crippen LogP contribution is 2.38. The normalized spacial score (nSPS) is 14.1. The molecular weight excluding hydrogens is 551 g/mol. The summed E-state index contributed by atoms with van der Waals surface area (Å²) in [6.07, 6.45) is 1.54. The smallest absolute Gasteiger partial charge is 0.294 e. The molecule has 0 unspecified atom stereocenters. The average Bonchev–Trinajstić information content (AvgIpc) is 3.16. The number of halogens is 2. The molecular formula is C27H22Cl2N2O6S. The first-order valence-corrected chi connectivity index (χ1v) is 12.8. The van der Waals surface area contributed by atoms with E-state index in [9.17, 15) is 14.4 Å². The topological polar surface area (TPSA) is 94.2 Å². The lowest BCUT2D eigenvalue weighted by Crippen LogP contribution is -2.36. The largest absolute Gasteiger partial charge is 0.497 e. The molecule has 1 aliphatic rings. The number of hydrogen-bond acceptors (Lipinski definition) is 7. The number of carbonyl (C=O) groups is 3. The zero-order valence-corrected chi connectivity index (χ0v) is 22.7. The predicted octanol–water partition coefficient (Wildman–Crippen LogP) is 6.26. The molecule has 3 aromatic rings. The van der Waals surface area contributed by atoms with E-state index in [1.54, 1.807) is 60.7 Å². The van der Waals surface area contributed by atoms with E-state index in [1.165, 1.54) is 20.3 Å². The molecule has 38 heavy (non-hydrogen) atoms. The summed E-state index contributed by atoms with van der Waals surface area (Å²) in [5.41, 5.74) is 1.73. The van der Waals surface area contributed by atoms with E-state index >= 15 is 0 Å². The zero-order valence-electron chi connectivity index (χ0n) is 20.3. The molecule has 0 aromatic heterocycles. The third-order valence-electron chi connectivity index (χ3n) is 5.45. The summed E-state index contributed by atoms with van der Waals surface area (Å²) >= 11 is 13.0. The molecule has 4 rings (SSSR count). The number of anilines is 1. The van der Waals surface area contributed by atoms with Crippen molar-refractivity contribution < 1.29 is 28.6 Å². The van der Waals surface area contributed by atoms with E-state index in [-0.39, 0.29) is 11.5 Å². The van der Waals surface area contributed by atoms with Crippen LogP contribution in [0.2, 0.25) is 10.0 Å². The van der Waals surface area contributed by atoms with Crippen LogP contribution in [0.1, 0.15) is 11.1 Å². The summed E-state index contributed by atoms with van der Waals surface area (Å²) in [6, 6.07) is 16.9. The number of hydrogen-bond donors (Lipinski definition) is 1. The number of nitrogens with zero attached hydrogens (tertiary/aromatic N) is 1. The summed E-state index contributed by atoms with van der Waals surface area (Å²) in [5, 5.41) is 3.07. The molecule has 0 radical (unpaired) electrons. The molecule has 1 heterocycles. The number of imide groups is 1. The van der Waals surface area contributed by atoms with Crippen molar-refractivity contribution in [3.8, 4) is 17.2 Å². The lowest BCUT2D eigenvalue weighted by molar-refractivity contribution is -0.127. The number of methoxy groups -OCH3 is 2. The number of benzene rings is 3. The van der Waals surface area contributed by atoms with Crippen LogP contribution in [0.4, 0.5) is 10.5 Å². The second-order valence-electron chi connectivity index (χ2n) is 7.95. The molecule has 0 aliphatic carbocycles. The van der Waals surface area contributed by atoms with Crippen molar-refractivity contribution in [2.45, 2.75) is 6.61 Å². The Balaban J connectivity index is 1.50. The second-order valence-corrected chi connectivity index (χ2v) is 9.78. The molecule has 0 spiro atoms. The minimum atomic E-state index is -0.584. The van der Waals surface area contributed by atoms with Crippen LogP contribution in [-0.4, -0.2) is 42.7 Å². The minimum absolute atomic E-state index is 0.115. The maximum atomic E-state index is 13.0. The van der Waals surface area contributed by atoms with E-state index in [0.29, 0.717) is 44.1 Å². The summed E-state index contributed by atoms with van der Waals surface area (Å²) in [7, 11) is 3.04. The van der Waals surface area contributed by atoms with E-state index < -0.39 is 23.6 Å². The van der Waals surface area contributed by atoms with Crippen molar-refractivity contribution in [1.29, 1.82) is 0 Å². The van der Waals surface area contributed by atoms with Crippen LogP contribution >= 0.6 is 35.0 Å². The van der Waals surface area contributed by atoms with Crippen LogP contribution in [-0.2, 0) is 16.2 Å². The maximum absolute atomic E-state index is 13.0. The van der Waals surface area contributed by atoms with Gasteiger partial charge in [-0.1, -0.05) is 41.4 Å². The number of nitrogens with one attached hydrogen (secondary N) is 1. The third kappa shape index (κ3) is 6.42. The summed E-state index contributed by atoms with van der Waals surface area (Å²) < 4.78 is 16.6. The van der Waals surface area contributed by atoms with E-state index in [4.69, 9.17) is 37.4 Å². The van der Waals surface area contributed by atoms with Gasteiger partial charge in [-0.05, 0) is 60.3 Å². The number of thioether (sulfide) groups is 1. The first-order valence-electron chi connectivity index (χ1n) is 11.2. The second kappa shape index (κ2) is 12.3. The Kier molecular flexibility index (Phi) is 8.83. The van der Waals surface area contributed by atoms with Gasteiger partial charge in [0.15, 0.2) is 11.5 Å². The fourth-order valence-electron chi connectivity index (χ4n) is 3.55. The van der Waals surface area contributed by atoms with E-state index in [2.05, 4.69) is 5.32 Å². The van der Waals surface area contributed by atoms with Gasteiger partial charge >= 0.3 is 0 Å². The lowest BCUT2D eigenvalue weighted by Gasteiger charge is -2.15. The van der Waals surface area contributed by atoms with Crippen molar-refractivity contribution >= 4 is 63.8 Å². The monoisotopic (exact) mass is 572 g/mol. The summed E-state index contributed by atoms with van der Waals surface area (Å²) in [6.45, 7) is -0.311. The first kappa shape index (κ1) is 27.4. The van der Waals surface area contributed by atoms with Gasteiger partial charge in [0, 0.05) is 26.9 Å². The van der Waals surface area contributed by atoms with Gasteiger partial charge in [-0.2, -0.15) is 0 Å². The van der Waals surface area contributed by atoms with Crippen molar-refractivity contribution in [2.24, 2.45) is 0 Å². The minimum Gasteiger partial charge on any atom is -0.497 e. The molecule has 1 aliphatic heterocycles. The van der Waals surface area contributed by atoms with Crippen LogP contribution in [0.5, 0.6) is 17.2 Å². The first-order chi connectivity index (χ1) is 18.3. The fraction of sp³-hybridized carbons (Fsp3) is 0.148. The molecule has 196 valence electrons. The molecule has 3 aromatic carbocycles. The Morgan fingerprint density at radius 3 is 2.47 bits per heavy atom. The summed E-state index contributed by atoms with van der Waals surface area (Å²) in [4.78, 5) is 39.2. The number of ether oxygens (including phenoxy) is 3. The molecule has 0 bridgehead atoms. The lowest BCUT2D eigenvalue weighted by atomic mass is 10.1. The Labute approximate surface area is 233 Å². The Morgan fingerprint density at radius 2 is 1.79 bits per heavy atom. The van der Waals surface area contributed by atoms with Gasteiger partial charge in [0.1, 0.15) is 18.9 Å². The van der Waals surface area contributed by atoms with Crippen molar-refractivity contribution in [3.05, 3.63) is 86.7 Å². The highest BCUT2D eigenvalue weighted by molar-refractivity contribution is 8.18. The van der Waals surface area contributed by atoms with Crippen LogP contribution in [0.25, 0.3) is 6.08 Å². The van der Waals surface area contributed by atoms with Crippen molar-refractivity contribution in [1.82, 2.24) is 4.90 Å². The van der Waals surface area contributed by atoms with Gasteiger partial charge in [-0.25, -0.2) is 0 Å². The SMILES string of the molecule is COc1ccc(NC(=O)CN2C(=O)S/C(=C/c3cccc(OC)c3OCc3ccc(Cl)cc3Cl)C2=O)cc1. The zero-order chi connectivity index (χ0) is 27.2. The third-order valence-corrected chi connectivity index (χ3v) is 6.95. The highest BCUT2D eigenvalue weighted by Gasteiger charge is 2.36. The quantitative estimate of drug-likeness (QED) is 0.302. The van der Waals surface area contributed by atoms with E-state index in [1.807, 2.05) is 0 Å². The molecule has 1 saturated heterocycles. The van der Waals surface area contributed by atoms with Gasteiger partial charge in [-0.15, -0.1) is 0 Å². The van der Waals surface area contributed by atoms with Crippen LogP contribution < -0.4 is 19.5 Å². The van der Waals surface area contributed by atoms with Gasteiger partial charge < -0.3 is 19.5 Å². The van der Waals surface area contributed by atoms with Crippen LogP contribution in [0.3, 0.4) is 0 Å². The molecule has 1 fully saturated rings. The average molecular weight is 573 g/mol. The maximum Gasteiger partial charge on any atom is 0.294 e. The predicted molar refractivity (Wildman–Crippen MR) is 148 cm³/mol. The number of carbonyl (C=O) groups excluding carboxylic acids is 3. The van der Waals surface area contributed by atoms with Gasteiger partial charge in [0.2, 0.25) is 5.91 Å². The molecule has 1 N–H and O–H groups in total. The number of amides is 3. The Bertz CT molecular complexity index is 1410. The molecule has 11 heteroatoms. The number of para-hydroxylation sites is 1. The van der Waals surface area contributed by atoms with Gasteiger partial charge in [0.25, 0.3) is 11.1 Å². The van der Waals surface area contributed by atoms with Crippen LogP contribution in [0.15, 0.2) is 65.6 Å². The Hall–Kier alpha value is -3.66. The van der Waals surface area contributed by atoms with Crippen molar-refractivity contribution in [2.75, 3.05) is 26.1 Å². The van der Waals surface area contributed by atoms with Gasteiger partial charge in [0.05, 0.1) is 19.1 Å². The standard InChI is InChI=1S/C27H22Cl2N2O6S/c1-35-20-10-8-19(9-11-20)30-24(32)14-31-26(33)23(38-27(31)34)12-16-4-3-5-22(36-2)25(16)37-15-17-6-7-18(28)13-21(17)29/h3-13H,14-15H2,1-2H3,(H,30,32)/b23-12+. The van der Waals surface area contributed by atoms with E-state index in [0.717, 1.165) is 16.7 Å². The van der Waals surface area contributed by atoms with Gasteiger partial charge in [-0.3, -0.25) is 19.3 Å². The fourth-order valence-corrected chi connectivity index (χ4v) is 4.84. The van der Waals surface area contributed by atoms with Crippen LogP contribution in [0, 0.1) is 0 Å². The molecule has 0 saturated carbocycles.